The lowest BCUT2D eigenvalue weighted by Crippen LogP contribution is -2.47. The van der Waals surface area contributed by atoms with Gasteiger partial charge in [0.05, 0.1) is 19.3 Å². The van der Waals surface area contributed by atoms with Crippen LogP contribution in [0, 0.1) is 0 Å². The van der Waals surface area contributed by atoms with Crippen molar-refractivity contribution in [1.82, 2.24) is 24.9 Å². The molecular weight excluding hydrogens is 340 g/mol. The highest BCUT2D eigenvalue weighted by molar-refractivity contribution is 5.80. The van der Waals surface area contributed by atoms with Gasteiger partial charge in [0.25, 0.3) is 0 Å². The molecule has 27 heavy (non-hydrogen) atoms. The van der Waals surface area contributed by atoms with E-state index in [4.69, 9.17) is 4.74 Å². The lowest BCUT2D eigenvalue weighted by atomic mass is 10.1. The molecule has 7 nitrogen and oxygen atoms in total. The molecule has 0 amide bonds. The van der Waals surface area contributed by atoms with Gasteiger partial charge in [0.15, 0.2) is 5.96 Å². The molecule has 3 rings (SSSR count). The number of ether oxygens (including phenoxy) is 1. The second kappa shape index (κ2) is 9.01. The van der Waals surface area contributed by atoms with Gasteiger partial charge in [0.1, 0.15) is 6.10 Å². The molecule has 0 bridgehead atoms. The number of benzene rings is 1. The Hall–Kier alpha value is -2.38. The van der Waals surface area contributed by atoms with Crippen LogP contribution in [-0.4, -0.2) is 66.4 Å². The lowest BCUT2D eigenvalue weighted by Gasteiger charge is -2.34. The number of aromatic nitrogens is 2. The van der Waals surface area contributed by atoms with Crippen molar-refractivity contribution < 1.29 is 4.74 Å². The van der Waals surface area contributed by atoms with Crippen molar-refractivity contribution in [2.75, 3.05) is 40.8 Å². The zero-order valence-corrected chi connectivity index (χ0v) is 16.7. The molecule has 1 unspecified atom stereocenters. The number of nitrogens with zero attached hydrogens (tertiary/aromatic N) is 5. The van der Waals surface area contributed by atoms with Gasteiger partial charge in [0.2, 0.25) is 0 Å². The van der Waals surface area contributed by atoms with Gasteiger partial charge in [-0.3, -0.25) is 9.67 Å². The maximum absolute atomic E-state index is 5.94. The highest BCUT2D eigenvalue weighted by Crippen LogP contribution is 2.21. The van der Waals surface area contributed by atoms with Crippen LogP contribution in [0.5, 0.6) is 0 Å². The molecule has 2 aromatic rings. The average molecular weight is 371 g/mol. The van der Waals surface area contributed by atoms with E-state index in [1.54, 1.807) is 0 Å². The standard InChI is InChI=1S/C20H30N6O/c1-21-20(22-11-16-6-5-7-17(10-16)13-24(2)3)26-8-9-27-19(15-26)18-12-23-25(4)14-18/h5-7,10,12,14,19H,8-9,11,13,15H2,1-4H3,(H,21,22). The molecule has 0 saturated carbocycles. The van der Waals surface area contributed by atoms with Crippen LogP contribution in [0.3, 0.4) is 0 Å². The molecule has 1 aliphatic rings. The normalized spacial score (nSPS) is 18.2. The first kappa shape index (κ1) is 19.4. The second-order valence-electron chi connectivity index (χ2n) is 7.21. The number of hydrogen-bond acceptors (Lipinski definition) is 4. The Kier molecular flexibility index (Phi) is 6.47. The molecule has 0 spiro atoms. The third kappa shape index (κ3) is 5.30. The fraction of sp³-hybridized carbons (Fsp3) is 0.500. The first-order valence-corrected chi connectivity index (χ1v) is 9.33. The quantitative estimate of drug-likeness (QED) is 0.640. The van der Waals surface area contributed by atoms with Crippen LogP contribution in [0.1, 0.15) is 22.8 Å². The van der Waals surface area contributed by atoms with Crippen LogP contribution < -0.4 is 5.32 Å². The van der Waals surface area contributed by atoms with Gasteiger partial charge in [-0.1, -0.05) is 24.3 Å². The van der Waals surface area contributed by atoms with Crippen molar-refractivity contribution in [3.63, 3.8) is 0 Å². The number of nitrogens with one attached hydrogen (secondary N) is 1. The number of aliphatic imine (C=N–C) groups is 1. The predicted octanol–water partition coefficient (Wildman–Crippen LogP) is 1.63. The minimum atomic E-state index is 0.0226. The molecule has 0 radical (unpaired) electrons. The summed E-state index contributed by atoms with van der Waals surface area (Å²) in [6.45, 7) is 3.98. The van der Waals surface area contributed by atoms with E-state index in [1.807, 2.05) is 31.2 Å². The summed E-state index contributed by atoms with van der Waals surface area (Å²) < 4.78 is 7.75. The lowest BCUT2D eigenvalue weighted by molar-refractivity contribution is -0.00805. The number of morpholine rings is 1. The Morgan fingerprint density at radius 1 is 1.37 bits per heavy atom. The molecule has 146 valence electrons. The summed E-state index contributed by atoms with van der Waals surface area (Å²) in [7, 11) is 7.93. The van der Waals surface area contributed by atoms with Gasteiger partial charge in [-0.15, -0.1) is 0 Å². The van der Waals surface area contributed by atoms with E-state index < -0.39 is 0 Å². The molecule has 1 aromatic carbocycles. The number of rotatable bonds is 5. The van der Waals surface area contributed by atoms with Gasteiger partial charge in [-0.05, 0) is 25.2 Å². The van der Waals surface area contributed by atoms with Gasteiger partial charge in [-0.25, -0.2) is 0 Å². The maximum atomic E-state index is 5.94. The fourth-order valence-corrected chi connectivity index (χ4v) is 3.37. The van der Waals surface area contributed by atoms with E-state index in [0.29, 0.717) is 6.61 Å². The largest absolute Gasteiger partial charge is 0.370 e. The smallest absolute Gasteiger partial charge is 0.194 e. The van der Waals surface area contributed by atoms with Gasteiger partial charge < -0.3 is 19.9 Å². The van der Waals surface area contributed by atoms with Crippen LogP contribution in [-0.2, 0) is 24.9 Å². The molecule has 1 fully saturated rings. The molecule has 1 atom stereocenters. The van der Waals surface area contributed by atoms with E-state index in [0.717, 1.165) is 37.7 Å². The molecule has 0 aliphatic carbocycles. The van der Waals surface area contributed by atoms with Crippen LogP contribution in [0.2, 0.25) is 0 Å². The van der Waals surface area contributed by atoms with Crippen molar-refractivity contribution in [3.8, 4) is 0 Å². The van der Waals surface area contributed by atoms with E-state index in [2.05, 4.69) is 63.6 Å². The Balaban J connectivity index is 1.60. The zero-order valence-electron chi connectivity index (χ0n) is 16.7. The van der Waals surface area contributed by atoms with E-state index in [-0.39, 0.29) is 6.10 Å². The van der Waals surface area contributed by atoms with Crippen molar-refractivity contribution in [3.05, 3.63) is 53.3 Å². The van der Waals surface area contributed by atoms with Crippen molar-refractivity contribution in [2.24, 2.45) is 12.0 Å². The number of aryl methyl sites for hydroxylation is 1. The average Bonchev–Trinajstić information content (AvgIpc) is 3.09. The topological polar surface area (TPSA) is 57.9 Å². The van der Waals surface area contributed by atoms with Gasteiger partial charge >= 0.3 is 0 Å². The number of guanidine groups is 1. The predicted molar refractivity (Wildman–Crippen MR) is 108 cm³/mol. The summed E-state index contributed by atoms with van der Waals surface area (Å²) in [6, 6.07) is 8.68. The zero-order chi connectivity index (χ0) is 19.2. The molecule has 7 heteroatoms. The van der Waals surface area contributed by atoms with Gasteiger partial charge in [-0.2, -0.15) is 5.10 Å². The molecule has 1 saturated heterocycles. The monoisotopic (exact) mass is 370 g/mol. The fourth-order valence-electron chi connectivity index (χ4n) is 3.37. The van der Waals surface area contributed by atoms with Crippen molar-refractivity contribution in [2.45, 2.75) is 19.2 Å². The molecule has 1 aromatic heterocycles. The molecule has 2 heterocycles. The molecule has 1 aliphatic heterocycles. The van der Waals surface area contributed by atoms with Crippen molar-refractivity contribution in [1.29, 1.82) is 0 Å². The highest BCUT2D eigenvalue weighted by Gasteiger charge is 2.25. The SMILES string of the molecule is CN=C(NCc1cccc(CN(C)C)c1)N1CCOC(c2cnn(C)c2)C1. The summed E-state index contributed by atoms with van der Waals surface area (Å²) >= 11 is 0. The summed E-state index contributed by atoms with van der Waals surface area (Å²) in [4.78, 5) is 8.91. The van der Waals surface area contributed by atoms with Crippen LogP contribution in [0.25, 0.3) is 0 Å². The third-order valence-corrected chi connectivity index (χ3v) is 4.62. The molecular formula is C20H30N6O. The summed E-state index contributed by atoms with van der Waals surface area (Å²) in [5.74, 6) is 0.908. The Morgan fingerprint density at radius 3 is 2.89 bits per heavy atom. The van der Waals surface area contributed by atoms with Crippen LogP contribution >= 0.6 is 0 Å². The van der Waals surface area contributed by atoms with Crippen molar-refractivity contribution >= 4 is 5.96 Å². The number of hydrogen-bond donors (Lipinski definition) is 1. The van der Waals surface area contributed by atoms with E-state index in [9.17, 15) is 0 Å². The second-order valence-corrected chi connectivity index (χ2v) is 7.21. The summed E-state index contributed by atoms with van der Waals surface area (Å²) in [6.07, 6.45) is 3.91. The van der Waals surface area contributed by atoms with E-state index in [1.165, 1.54) is 11.1 Å². The molecule has 1 N–H and O–H groups in total. The van der Waals surface area contributed by atoms with Crippen LogP contribution in [0.4, 0.5) is 0 Å². The maximum Gasteiger partial charge on any atom is 0.194 e. The third-order valence-electron chi connectivity index (χ3n) is 4.62. The Morgan fingerprint density at radius 2 is 2.19 bits per heavy atom. The first-order valence-electron chi connectivity index (χ1n) is 9.33. The summed E-state index contributed by atoms with van der Waals surface area (Å²) in [5.41, 5.74) is 3.68. The van der Waals surface area contributed by atoms with Gasteiger partial charge in [0, 0.05) is 45.5 Å². The highest BCUT2D eigenvalue weighted by atomic mass is 16.5. The van der Waals surface area contributed by atoms with Crippen LogP contribution in [0.15, 0.2) is 41.7 Å². The minimum absolute atomic E-state index is 0.0226. The Bertz CT molecular complexity index is 769. The Labute approximate surface area is 161 Å². The summed E-state index contributed by atoms with van der Waals surface area (Å²) in [5, 5.41) is 7.75. The van der Waals surface area contributed by atoms with E-state index >= 15 is 0 Å². The first-order chi connectivity index (χ1) is 13.0. The minimum Gasteiger partial charge on any atom is -0.370 e.